The molecule has 1 fully saturated rings. The lowest BCUT2D eigenvalue weighted by Gasteiger charge is -2.32. The number of aromatic nitrogens is 2. The number of amides is 1. The third-order valence-electron chi connectivity index (χ3n) is 5.62. The van der Waals surface area contributed by atoms with Crippen LogP contribution in [0.5, 0.6) is 0 Å². The summed E-state index contributed by atoms with van der Waals surface area (Å²) >= 11 is 0. The van der Waals surface area contributed by atoms with Crippen molar-refractivity contribution in [3.63, 3.8) is 0 Å². The Hall–Kier alpha value is -2.96. The average molecular weight is 404 g/mol. The highest BCUT2D eigenvalue weighted by Gasteiger charge is 2.13. The van der Waals surface area contributed by atoms with Gasteiger partial charge in [0.15, 0.2) is 0 Å². The largest absolute Gasteiger partial charge is 0.348 e. The summed E-state index contributed by atoms with van der Waals surface area (Å²) in [5, 5.41) is 3.02. The molecule has 4 rings (SSSR count). The second-order valence-electron chi connectivity index (χ2n) is 8.01. The van der Waals surface area contributed by atoms with Gasteiger partial charge >= 0.3 is 0 Å². The lowest BCUT2D eigenvalue weighted by Crippen LogP contribution is -2.43. The van der Waals surface area contributed by atoms with Gasteiger partial charge in [0.05, 0.1) is 6.33 Å². The molecule has 0 saturated carbocycles. The van der Waals surface area contributed by atoms with Crippen LogP contribution in [-0.4, -0.2) is 58.5 Å². The zero-order valence-electron chi connectivity index (χ0n) is 17.5. The number of likely N-dealkylation sites (N-methyl/N-ethyl adjacent to an activating group) is 1. The predicted molar refractivity (Wildman–Crippen MR) is 118 cm³/mol. The van der Waals surface area contributed by atoms with E-state index in [1.54, 1.807) is 12.5 Å². The zero-order chi connectivity index (χ0) is 20.8. The smallest absolute Gasteiger partial charge is 0.251 e. The Morgan fingerprint density at radius 2 is 1.53 bits per heavy atom. The van der Waals surface area contributed by atoms with E-state index in [2.05, 4.69) is 51.4 Å². The van der Waals surface area contributed by atoms with Crippen molar-refractivity contribution in [3.8, 4) is 0 Å². The summed E-state index contributed by atoms with van der Waals surface area (Å²) < 4.78 is 2.00. The molecule has 2 aromatic carbocycles. The minimum atomic E-state index is -0.0503. The fourth-order valence-electron chi connectivity index (χ4n) is 3.66. The molecule has 0 atom stereocenters. The number of imidazole rings is 1. The first kappa shape index (κ1) is 20.3. The highest BCUT2D eigenvalue weighted by Crippen LogP contribution is 2.11. The van der Waals surface area contributed by atoms with Gasteiger partial charge in [0.1, 0.15) is 0 Å². The van der Waals surface area contributed by atoms with Crippen molar-refractivity contribution < 1.29 is 4.79 Å². The number of benzene rings is 2. The van der Waals surface area contributed by atoms with E-state index >= 15 is 0 Å². The molecule has 1 saturated heterocycles. The second kappa shape index (κ2) is 9.69. The highest BCUT2D eigenvalue weighted by atomic mass is 16.1. The van der Waals surface area contributed by atoms with Crippen LogP contribution in [0.1, 0.15) is 27.0 Å². The topological polar surface area (TPSA) is 53.4 Å². The Labute approximate surface area is 178 Å². The molecule has 30 heavy (non-hydrogen) atoms. The van der Waals surface area contributed by atoms with E-state index in [0.717, 1.165) is 50.4 Å². The number of piperazine rings is 1. The molecule has 0 bridgehead atoms. The molecule has 6 heteroatoms. The predicted octanol–water partition coefficient (Wildman–Crippen LogP) is 2.61. The number of nitrogens with zero attached hydrogens (tertiary/aromatic N) is 4. The van der Waals surface area contributed by atoms with Gasteiger partial charge in [-0.3, -0.25) is 9.69 Å². The van der Waals surface area contributed by atoms with Crippen molar-refractivity contribution >= 4 is 5.91 Å². The number of carbonyl (C=O) groups is 1. The number of nitrogens with one attached hydrogen (secondary N) is 1. The molecule has 1 amide bonds. The van der Waals surface area contributed by atoms with Crippen molar-refractivity contribution in [2.45, 2.75) is 19.6 Å². The fourth-order valence-corrected chi connectivity index (χ4v) is 3.66. The van der Waals surface area contributed by atoms with Crippen molar-refractivity contribution in [1.29, 1.82) is 0 Å². The van der Waals surface area contributed by atoms with E-state index in [1.807, 2.05) is 35.0 Å². The molecule has 0 spiro atoms. The minimum Gasteiger partial charge on any atom is -0.348 e. The molecule has 2 heterocycles. The monoisotopic (exact) mass is 403 g/mol. The second-order valence-corrected chi connectivity index (χ2v) is 8.01. The van der Waals surface area contributed by atoms with Crippen LogP contribution in [0.15, 0.2) is 67.3 Å². The van der Waals surface area contributed by atoms with Gasteiger partial charge in [0, 0.05) is 63.8 Å². The molecule has 0 aliphatic carbocycles. The van der Waals surface area contributed by atoms with Crippen LogP contribution in [-0.2, 0) is 19.6 Å². The molecule has 1 aromatic heterocycles. The maximum absolute atomic E-state index is 12.5. The standard InChI is InChI=1S/C24H29N5O/c1-27-12-14-28(15-13-27)17-21-4-2-20(3-5-21)16-26-24(30)23-8-6-22(7-9-23)18-29-11-10-25-19-29/h2-11,19H,12-18H2,1H3,(H,26,30). The third kappa shape index (κ3) is 5.55. The first-order valence-corrected chi connectivity index (χ1v) is 10.5. The maximum Gasteiger partial charge on any atom is 0.251 e. The van der Waals surface area contributed by atoms with Crippen molar-refractivity contribution in [2.75, 3.05) is 33.2 Å². The minimum absolute atomic E-state index is 0.0503. The van der Waals surface area contributed by atoms with Crippen LogP contribution >= 0.6 is 0 Å². The molecule has 1 N–H and O–H groups in total. The fraction of sp³-hybridized carbons (Fsp3) is 0.333. The van der Waals surface area contributed by atoms with Crippen LogP contribution in [0.2, 0.25) is 0 Å². The SMILES string of the molecule is CN1CCN(Cc2ccc(CNC(=O)c3ccc(Cn4ccnc4)cc3)cc2)CC1. The van der Waals surface area contributed by atoms with Gasteiger partial charge in [-0.2, -0.15) is 0 Å². The van der Waals surface area contributed by atoms with Gasteiger partial charge in [0.25, 0.3) is 5.91 Å². The summed E-state index contributed by atoms with van der Waals surface area (Å²) in [6, 6.07) is 16.3. The van der Waals surface area contributed by atoms with Crippen LogP contribution in [0, 0.1) is 0 Å². The van der Waals surface area contributed by atoms with Gasteiger partial charge in [0.2, 0.25) is 0 Å². The van der Waals surface area contributed by atoms with Crippen molar-refractivity contribution in [3.05, 3.63) is 89.5 Å². The van der Waals surface area contributed by atoms with Crippen LogP contribution in [0.25, 0.3) is 0 Å². The highest BCUT2D eigenvalue weighted by molar-refractivity contribution is 5.94. The molecule has 156 valence electrons. The van der Waals surface area contributed by atoms with Gasteiger partial charge in [-0.25, -0.2) is 4.98 Å². The Bertz CT molecular complexity index is 927. The van der Waals surface area contributed by atoms with Gasteiger partial charge in [-0.05, 0) is 35.9 Å². The van der Waals surface area contributed by atoms with E-state index in [1.165, 1.54) is 5.56 Å². The normalized spacial score (nSPS) is 15.2. The number of hydrogen-bond donors (Lipinski definition) is 1. The molecule has 0 unspecified atom stereocenters. The van der Waals surface area contributed by atoms with Gasteiger partial charge in [-0.1, -0.05) is 36.4 Å². The quantitative estimate of drug-likeness (QED) is 0.659. The number of carbonyl (C=O) groups excluding carboxylic acids is 1. The summed E-state index contributed by atoms with van der Waals surface area (Å²) in [5.41, 5.74) is 4.25. The van der Waals surface area contributed by atoms with E-state index in [4.69, 9.17) is 0 Å². The summed E-state index contributed by atoms with van der Waals surface area (Å²) in [4.78, 5) is 21.4. The van der Waals surface area contributed by atoms with Crippen LogP contribution in [0.3, 0.4) is 0 Å². The van der Waals surface area contributed by atoms with Gasteiger partial charge < -0.3 is 14.8 Å². The molecule has 6 nitrogen and oxygen atoms in total. The Kier molecular flexibility index (Phi) is 6.57. The van der Waals surface area contributed by atoms with E-state index in [-0.39, 0.29) is 5.91 Å². The van der Waals surface area contributed by atoms with Crippen LogP contribution in [0.4, 0.5) is 0 Å². The van der Waals surface area contributed by atoms with E-state index < -0.39 is 0 Å². The molecule has 0 radical (unpaired) electrons. The third-order valence-corrected chi connectivity index (χ3v) is 5.62. The lowest BCUT2D eigenvalue weighted by molar-refractivity contribution is 0.0951. The molecule has 1 aliphatic rings. The summed E-state index contributed by atoms with van der Waals surface area (Å²) in [5.74, 6) is -0.0503. The molecule has 1 aliphatic heterocycles. The molecular weight excluding hydrogens is 374 g/mol. The Morgan fingerprint density at radius 1 is 0.900 bits per heavy atom. The summed E-state index contributed by atoms with van der Waals surface area (Å²) in [6.07, 6.45) is 5.48. The Morgan fingerprint density at radius 3 is 2.20 bits per heavy atom. The first-order chi connectivity index (χ1) is 14.7. The van der Waals surface area contributed by atoms with E-state index in [9.17, 15) is 4.79 Å². The van der Waals surface area contributed by atoms with Crippen molar-refractivity contribution in [1.82, 2.24) is 24.7 Å². The summed E-state index contributed by atoms with van der Waals surface area (Å²) in [7, 11) is 2.18. The summed E-state index contributed by atoms with van der Waals surface area (Å²) in [6.45, 7) is 6.78. The average Bonchev–Trinajstić information content (AvgIpc) is 3.28. The Balaban J connectivity index is 1.25. The van der Waals surface area contributed by atoms with Crippen molar-refractivity contribution in [2.24, 2.45) is 0 Å². The molecular formula is C24H29N5O. The van der Waals surface area contributed by atoms with E-state index in [0.29, 0.717) is 12.1 Å². The number of rotatable bonds is 7. The maximum atomic E-state index is 12.5. The number of hydrogen-bond acceptors (Lipinski definition) is 4. The van der Waals surface area contributed by atoms with Crippen LogP contribution < -0.4 is 5.32 Å². The molecule has 3 aromatic rings. The lowest BCUT2D eigenvalue weighted by atomic mass is 10.1. The zero-order valence-corrected chi connectivity index (χ0v) is 17.5. The van der Waals surface area contributed by atoms with Gasteiger partial charge in [-0.15, -0.1) is 0 Å². The first-order valence-electron chi connectivity index (χ1n) is 10.5.